The van der Waals surface area contributed by atoms with Gasteiger partial charge in [0.2, 0.25) is 6.79 Å². The monoisotopic (exact) mass is 584 g/mol. The van der Waals surface area contributed by atoms with Crippen molar-refractivity contribution >= 4 is 29.1 Å². The van der Waals surface area contributed by atoms with Crippen molar-refractivity contribution in [1.29, 1.82) is 0 Å². The first kappa shape index (κ1) is 27.3. The molecule has 214 valence electrons. The average Bonchev–Trinajstić information content (AvgIpc) is 3.59. The van der Waals surface area contributed by atoms with E-state index in [1.807, 2.05) is 61.5 Å². The first-order valence-corrected chi connectivity index (χ1v) is 14.2. The van der Waals surface area contributed by atoms with Gasteiger partial charge in [0, 0.05) is 5.56 Å². The van der Waals surface area contributed by atoms with E-state index in [2.05, 4.69) is 0 Å². The normalized spacial score (nSPS) is 15.7. The van der Waals surface area contributed by atoms with Gasteiger partial charge in [0.1, 0.15) is 0 Å². The van der Waals surface area contributed by atoms with Crippen LogP contribution in [0.4, 0.5) is 0 Å². The molecular weight excluding hydrogens is 556 g/mol. The van der Waals surface area contributed by atoms with E-state index < -0.39 is 12.0 Å². The van der Waals surface area contributed by atoms with E-state index in [4.69, 9.17) is 28.7 Å². The molecule has 9 nitrogen and oxygen atoms in total. The van der Waals surface area contributed by atoms with Crippen LogP contribution in [0.25, 0.3) is 11.8 Å². The maximum absolute atomic E-state index is 14.2. The number of esters is 1. The Balaban J connectivity index is 1.64. The maximum atomic E-state index is 14.2. The van der Waals surface area contributed by atoms with Crippen molar-refractivity contribution in [1.82, 2.24) is 4.57 Å². The number of methoxy groups -OCH3 is 2. The summed E-state index contributed by atoms with van der Waals surface area (Å²) < 4.78 is 29.6. The maximum Gasteiger partial charge on any atom is 0.338 e. The van der Waals surface area contributed by atoms with Crippen LogP contribution < -0.4 is 33.8 Å². The fraction of sp³-hybridized carbons (Fsp3) is 0.219. The highest BCUT2D eigenvalue weighted by Gasteiger charge is 2.35. The summed E-state index contributed by atoms with van der Waals surface area (Å²) >= 11 is 1.25. The third kappa shape index (κ3) is 4.73. The topological polar surface area (TPSA) is 97.6 Å². The zero-order valence-electron chi connectivity index (χ0n) is 23.5. The zero-order chi connectivity index (χ0) is 29.4. The molecule has 0 amide bonds. The van der Waals surface area contributed by atoms with Gasteiger partial charge in [-0.05, 0) is 60.9 Å². The van der Waals surface area contributed by atoms with E-state index in [0.717, 1.165) is 16.7 Å². The summed E-state index contributed by atoms with van der Waals surface area (Å²) in [5.74, 6) is 1.73. The van der Waals surface area contributed by atoms with Crippen molar-refractivity contribution in [2.24, 2.45) is 4.99 Å². The van der Waals surface area contributed by atoms with E-state index >= 15 is 0 Å². The van der Waals surface area contributed by atoms with Crippen LogP contribution >= 0.6 is 11.3 Å². The SMILES string of the molecule is CCOC(=O)C1=C(c2ccccc2)N=c2sc(=Cc3cc4c(cc3C)OCO4)c(=O)n2[C@@H]1c1ccc(OC)c(OC)c1. The Hall–Kier alpha value is -4.83. The van der Waals surface area contributed by atoms with Crippen LogP contribution in [0.2, 0.25) is 0 Å². The molecule has 0 unspecified atom stereocenters. The summed E-state index contributed by atoms with van der Waals surface area (Å²) in [5, 5.41) is 0. The Morgan fingerprint density at radius 1 is 1.05 bits per heavy atom. The molecule has 0 spiro atoms. The minimum Gasteiger partial charge on any atom is -0.493 e. The number of fused-ring (bicyclic) bond motifs is 2. The molecule has 0 fully saturated rings. The summed E-state index contributed by atoms with van der Waals surface area (Å²) in [4.78, 5) is 33.2. The largest absolute Gasteiger partial charge is 0.493 e. The number of hydrogen-bond acceptors (Lipinski definition) is 9. The van der Waals surface area contributed by atoms with Crippen molar-refractivity contribution in [2.45, 2.75) is 19.9 Å². The first-order chi connectivity index (χ1) is 20.4. The molecule has 2 aliphatic rings. The Labute approximate surface area is 245 Å². The standard InChI is InChI=1S/C32H28N2O7S/c1-5-39-31(36)27-28(19-9-7-6-8-10-19)33-32-34(29(27)20-11-12-22(37-3)23(14-20)38-4)30(35)26(42-32)16-21-15-25-24(13-18(21)2)40-17-41-25/h6-16,29H,5,17H2,1-4H3/t29-/m1/s1. The smallest absolute Gasteiger partial charge is 0.338 e. The molecule has 4 aromatic rings. The van der Waals surface area contributed by atoms with Gasteiger partial charge in [-0.15, -0.1) is 0 Å². The van der Waals surface area contributed by atoms with Crippen LogP contribution in [0, 0.1) is 6.92 Å². The minimum absolute atomic E-state index is 0.157. The summed E-state index contributed by atoms with van der Waals surface area (Å²) in [6.07, 6.45) is 1.82. The van der Waals surface area contributed by atoms with Crippen LogP contribution in [0.15, 0.2) is 76.0 Å². The van der Waals surface area contributed by atoms with Gasteiger partial charge in [-0.3, -0.25) is 9.36 Å². The van der Waals surface area contributed by atoms with Crippen LogP contribution in [0.3, 0.4) is 0 Å². The Morgan fingerprint density at radius 2 is 1.79 bits per heavy atom. The quantitative estimate of drug-likeness (QED) is 0.303. The number of hydrogen-bond donors (Lipinski definition) is 0. The van der Waals surface area contributed by atoms with E-state index in [9.17, 15) is 9.59 Å². The van der Waals surface area contributed by atoms with Crippen molar-refractivity contribution in [3.8, 4) is 23.0 Å². The zero-order valence-corrected chi connectivity index (χ0v) is 24.3. The summed E-state index contributed by atoms with van der Waals surface area (Å²) in [6, 6.07) is 17.7. The van der Waals surface area contributed by atoms with E-state index in [1.165, 1.54) is 18.4 Å². The third-order valence-corrected chi connectivity index (χ3v) is 8.13. The highest BCUT2D eigenvalue weighted by Crippen LogP contribution is 2.39. The van der Waals surface area contributed by atoms with Crippen LogP contribution in [0.1, 0.15) is 35.2 Å². The average molecular weight is 585 g/mol. The van der Waals surface area contributed by atoms with Gasteiger partial charge in [-0.25, -0.2) is 9.79 Å². The second kappa shape index (κ2) is 11.2. The van der Waals surface area contributed by atoms with Crippen molar-refractivity contribution in [3.63, 3.8) is 0 Å². The van der Waals surface area contributed by atoms with Crippen molar-refractivity contribution < 1.29 is 28.5 Å². The third-order valence-electron chi connectivity index (χ3n) is 7.14. The fourth-order valence-corrected chi connectivity index (χ4v) is 6.13. The van der Waals surface area contributed by atoms with E-state index in [1.54, 1.807) is 30.7 Å². The molecule has 3 heterocycles. The molecule has 2 aliphatic heterocycles. The summed E-state index contributed by atoms with van der Waals surface area (Å²) in [5.41, 5.74) is 3.54. The lowest BCUT2D eigenvalue weighted by Crippen LogP contribution is -2.40. The Morgan fingerprint density at radius 3 is 2.50 bits per heavy atom. The molecule has 3 aromatic carbocycles. The van der Waals surface area contributed by atoms with Gasteiger partial charge >= 0.3 is 5.97 Å². The van der Waals surface area contributed by atoms with E-state index in [0.29, 0.717) is 43.6 Å². The molecule has 42 heavy (non-hydrogen) atoms. The highest BCUT2D eigenvalue weighted by molar-refractivity contribution is 7.07. The number of aromatic nitrogens is 1. The number of benzene rings is 3. The molecule has 0 bridgehead atoms. The predicted molar refractivity (Wildman–Crippen MR) is 158 cm³/mol. The number of rotatable bonds is 7. The van der Waals surface area contributed by atoms with Crippen molar-refractivity contribution in [3.05, 3.63) is 108 Å². The first-order valence-electron chi connectivity index (χ1n) is 13.3. The van der Waals surface area contributed by atoms with Gasteiger partial charge < -0.3 is 23.7 Å². The van der Waals surface area contributed by atoms with Crippen molar-refractivity contribution in [2.75, 3.05) is 27.6 Å². The number of ether oxygens (including phenoxy) is 5. The molecule has 0 radical (unpaired) electrons. The highest BCUT2D eigenvalue weighted by atomic mass is 32.1. The predicted octanol–water partition coefficient (Wildman–Crippen LogP) is 3.99. The second-order valence-electron chi connectivity index (χ2n) is 9.61. The molecule has 0 saturated heterocycles. The van der Waals surface area contributed by atoms with Gasteiger partial charge in [0.05, 0.1) is 42.7 Å². The molecule has 0 N–H and O–H groups in total. The lowest BCUT2D eigenvalue weighted by atomic mass is 9.93. The van der Waals surface area contributed by atoms with Crippen LogP contribution in [-0.4, -0.2) is 38.2 Å². The van der Waals surface area contributed by atoms with Gasteiger partial charge in [0.25, 0.3) is 5.56 Å². The number of nitrogens with zero attached hydrogens (tertiary/aromatic N) is 2. The van der Waals surface area contributed by atoms with Gasteiger partial charge in [-0.2, -0.15) is 0 Å². The van der Waals surface area contributed by atoms with E-state index in [-0.39, 0.29) is 24.5 Å². The molecule has 0 aliphatic carbocycles. The molecule has 10 heteroatoms. The van der Waals surface area contributed by atoms with Gasteiger partial charge in [-0.1, -0.05) is 47.7 Å². The number of aryl methyl sites for hydroxylation is 1. The van der Waals surface area contributed by atoms with Crippen LogP contribution in [0.5, 0.6) is 23.0 Å². The lowest BCUT2D eigenvalue weighted by Gasteiger charge is -2.26. The fourth-order valence-electron chi connectivity index (χ4n) is 5.13. The molecule has 1 atom stereocenters. The summed E-state index contributed by atoms with van der Waals surface area (Å²) in [7, 11) is 3.09. The summed E-state index contributed by atoms with van der Waals surface area (Å²) in [6.45, 7) is 4.01. The molecular formula is C32H28N2O7S. The molecule has 0 saturated carbocycles. The minimum atomic E-state index is -0.838. The lowest BCUT2D eigenvalue weighted by molar-refractivity contribution is -0.138. The number of carbonyl (C=O) groups is 1. The Bertz CT molecular complexity index is 1910. The van der Waals surface area contributed by atoms with Crippen LogP contribution in [-0.2, 0) is 9.53 Å². The Kier molecular flexibility index (Phi) is 7.30. The molecule has 6 rings (SSSR count). The number of thiazole rings is 1. The van der Waals surface area contributed by atoms with Gasteiger partial charge in [0.15, 0.2) is 27.8 Å². The molecule has 1 aromatic heterocycles. The second-order valence-corrected chi connectivity index (χ2v) is 10.6. The number of carbonyl (C=O) groups excluding carboxylic acids is 1.